The number of para-hydroxylation sites is 3. The number of thiophene rings is 1. The Morgan fingerprint density at radius 3 is 1.78 bits per heavy atom. The van der Waals surface area contributed by atoms with Crippen molar-refractivity contribution in [1.29, 1.82) is 0 Å². The number of benzene rings is 8. The average Bonchev–Trinajstić information content (AvgIpc) is 4.06. The number of pyridine rings is 1. The van der Waals surface area contributed by atoms with Crippen molar-refractivity contribution in [3.63, 3.8) is 0 Å². The topological polar surface area (TPSA) is 48.5 Å². The van der Waals surface area contributed by atoms with Crippen molar-refractivity contribution in [2.75, 3.05) is 0 Å². The SMILES string of the molecule is C=CC=C.CC.c1ccc(-c2nc(-c3ccc(-n4c5ccccc5c5ccc(-c6ccc7c(c6)c6ccccc6n7-c6ccc7sc8cccnc8c7c6)cc54)cc3)nc3ccccc23)cc1. The third kappa shape index (κ3) is 7.15. The summed E-state index contributed by atoms with van der Waals surface area (Å²) < 4.78 is 7.25. The summed E-state index contributed by atoms with van der Waals surface area (Å²) in [4.78, 5) is 14.9. The Balaban J connectivity index is 0.000000785. The van der Waals surface area contributed by atoms with Gasteiger partial charge in [0.1, 0.15) is 0 Å². The van der Waals surface area contributed by atoms with E-state index < -0.39 is 0 Å². The molecule has 0 aliphatic heterocycles. The number of nitrogens with zero attached hydrogens (tertiary/aromatic N) is 5. The highest BCUT2D eigenvalue weighted by molar-refractivity contribution is 7.25. The largest absolute Gasteiger partial charge is 0.309 e. The molecule has 67 heavy (non-hydrogen) atoms. The zero-order valence-corrected chi connectivity index (χ0v) is 38.1. The summed E-state index contributed by atoms with van der Waals surface area (Å²) in [6.45, 7) is 10.7. The van der Waals surface area contributed by atoms with Crippen molar-refractivity contribution in [2.45, 2.75) is 13.8 Å². The van der Waals surface area contributed by atoms with Crippen molar-refractivity contribution in [3.05, 3.63) is 226 Å². The fraction of sp³-hybridized carbons (Fsp3) is 0.0328. The molecule has 0 bridgehead atoms. The first kappa shape index (κ1) is 41.3. The minimum atomic E-state index is 0.711. The lowest BCUT2D eigenvalue weighted by Crippen LogP contribution is -1.97. The van der Waals surface area contributed by atoms with Crippen LogP contribution in [0, 0.1) is 0 Å². The first-order valence-corrected chi connectivity index (χ1v) is 23.5. The van der Waals surface area contributed by atoms with Crippen LogP contribution in [0.2, 0.25) is 0 Å². The minimum Gasteiger partial charge on any atom is -0.309 e. The molecule has 8 aromatic carbocycles. The maximum absolute atomic E-state index is 5.14. The first-order valence-electron chi connectivity index (χ1n) is 22.7. The summed E-state index contributed by atoms with van der Waals surface area (Å²) in [7, 11) is 0. The van der Waals surface area contributed by atoms with Gasteiger partial charge in [-0.1, -0.05) is 142 Å². The number of fused-ring (bicyclic) bond motifs is 10. The quantitative estimate of drug-likeness (QED) is 0.156. The van der Waals surface area contributed by atoms with Crippen molar-refractivity contribution in [2.24, 2.45) is 0 Å². The van der Waals surface area contributed by atoms with E-state index in [-0.39, 0.29) is 0 Å². The van der Waals surface area contributed by atoms with E-state index in [1.165, 1.54) is 64.0 Å². The third-order valence-electron chi connectivity index (χ3n) is 12.3. The van der Waals surface area contributed by atoms with Crippen LogP contribution in [0.5, 0.6) is 0 Å². The highest BCUT2D eigenvalue weighted by Gasteiger charge is 2.18. The van der Waals surface area contributed by atoms with E-state index in [1.54, 1.807) is 23.5 Å². The molecule has 0 saturated carbocycles. The first-order chi connectivity index (χ1) is 33.1. The predicted molar refractivity (Wildman–Crippen MR) is 287 cm³/mol. The monoisotopic (exact) mass is 879 g/mol. The Morgan fingerprint density at radius 2 is 1.01 bits per heavy atom. The minimum absolute atomic E-state index is 0.711. The summed E-state index contributed by atoms with van der Waals surface area (Å²) in [6.07, 6.45) is 5.17. The molecule has 0 saturated heterocycles. The summed E-state index contributed by atoms with van der Waals surface area (Å²) in [5.41, 5.74) is 14.2. The molecule has 0 fully saturated rings. The van der Waals surface area contributed by atoms with Gasteiger partial charge in [0.05, 0.1) is 43.5 Å². The normalized spacial score (nSPS) is 11.3. The maximum Gasteiger partial charge on any atom is 0.160 e. The molecule has 5 aromatic heterocycles. The van der Waals surface area contributed by atoms with Crippen LogP contribution >= 0.6 is 11.3 Å². The van der Waals surface area contributed by atoms with Crippen LogP contribution in [-0.4, -0.2) is 24.1 Å². The molecule has 0 radical (unpaired) electrons. The molecule has 0 aliphatic rings. The van der Waals surface area contributed by atoms with Gasteiger partial charge in [0.25, 0.3) is 0 Å². The second-order valence-electron chi connectivity index (χ2n) is 16.1. The molecule has 5 heterocycles. The van der Waals surface area contributed by atoms with E-state index in [0.29, 0.717) is 5.82 Å². The fourth-order valence-electron chi connectivity index (χ4n) is 9.37. The van der Waals surface area contributed by atoms with Crippen LogP contribution in [0.1, 0.15) is 13.8 Å². The van der Waals surface area contributed by atoms with Crippen LogP contribution in [0.25, 0.3) is 120 Å². The summed E-state index contributed by atoms with van der Waals surface area (Å²) in [5, 5.41) is 7.14. The molecule has 320 valence electrons. The predicted octanol–water partition coefficient (Wildman–Crippen LogP) is 17.0. The lowest BCUT2D eigenvalue weighted by molar-refractivity contribution is 1.17. The second kappa shape index (κ2) is 17.5. The number of rotatable bonds is 6. The van der Waals surface area contributed by atoms with Crippen molar-refractivity contribution < 1.29 is 0 Å². The maximum atomic E-state index is 5.14. The summed E-state index contributed by atoms with van der Waals surface area (Å²) >= 11 is 1.80. The highest BCUT2D eigenvalue weighted by atomic mass is 32.1. The Bertz CT molecular complexity index is 3980. The van der Waals surface area contributed by atoms with Gasteiger partial charge in [0.2, 0.25) is 0 Å². The van der Waals surface area contributed by atoms with E-state index >= 15 is 0 Å². The Kier molecular flexibility index (Phi) is 10.8. The van der Waals surface area contributed by atoms with Gasteiger partial charge < -0.3 is 9.13 Å². The fourth-order valence-corrected chi connectivity index (χ4v) is 10.4. The molecule has 13 aromatic rings. The average molecular weight is 880 g/mol. The van der Waals surface area contributed by atoms with Gasteiger partial charge >= 0.3 is 0 Å². The van der Waals surface area contributed by atoms with Gasteiger partial charge in [0, 0.05) is 65.7 Å². The zero-order chi connectivity index (χ0) is 45.4. The van der Waals surface area contributed by atoms with Gasteiger partial charge in [-0.15, -0.1) is 11.3 Å². The van der Waals surface area contributed by atoms with E-state index in [0.717, 1.165) is 50.1 Å². The summed E-state index contributed by atoms with van der Waals surface area (Å²) in [5.74, 6) is 0.711. The van der Waals surface area contributed by atoms with Gasteiger partial charge in [-0.2, -0.15) is 0 Å². The number of allylic oxidation sites excluding steroid dienone is 2. The molecule has 0 unspecified atom stereocenters. The molecule has 0 N–H and O–H groups in total. The van der Waals surface area contributed by atoms with E-state index in [2.05, 4.69) is 192 Å². The van der Waals surface area contributed by atoms with Crippen molar-refractivity contribution >= 4 is 86.2 Å². The molecule has 5 nitrogen and oxygen atoms in total. The van der Waals surface area contributed by atoms with Crippen LogP contribution in [0.3, 0.4) is 0 Å². The van der Waals surface area contributed by atoms with Crippen LogP contribution < -0.4 is 0 Å². The van der Waals surface area contributed by atoms with Crippen LogP contribution in [-0.2, 0) is 0 Å². The van der Waals surface area contributed by atoms with E-state index in [9.17, 15) is 0 Å². The summed E-state index contributed by atoms with van der Waals surface area (Å²) in [6, 6.07) is 69.6. The standard InChI is InChI=1S/C55H33N5S.C4H6.C2H6/c1-2-11-34(12-3-1)53-43-15-4-7-16-46(43)57-55(58-53)35-20-24-38(25-21-35)59-47-17-8-5-13-40(47)42-27-22-37(32-50(42)59)36-23-28-49-44(31-36)41-14-6-9-18-48(41)60(49)39-26-29-51-45(33-39)54-52(61-51)19-10-30-56-54;1-3-4-2;1-2/h1-33H;3-4H,1-2H2;1-2H3. The second-order valence-corrected chi connectivity index (χ2v) is 17.2. The van der Waals surface area contributed by atoms with E-state index in [4.69, 9.17) is 15.0 Å². The smallest absolute Gasteiger partial charge is 0.160 e. The van der Waals surface area contributed by atoms with Crippen LogP contribution in [0.4, 0.5) is 0 Å². The third-order valence-corrected chi connectivity index (χ3v) is 13.5. The molecule has 0 spiro atoms. The number of aromatic nitrogens is 5. The Labute approximate surface area is 392 Å². The number of hydrogen-bond donors (Lipinski definition) is 0. The Morgan fingerprint density at radius 1 is 0.418 bits per heavy atom. The zero-order valence-electron chi connectivity index (χ0n) is 37.3. The molecule has 6 heteroatoms. The molecular formula is C61H45N5S. The highest BCUT2D eigenvalue weighted by Crippen LogP contribution is 2.40. The lowest BCUT2D eigenvalue weighted by Gasteiger charge is -2.12. The van der Waals surface area contributed by atoms with Gasteiger partial charge in [0.15, 0.2) is 5.82 Å². The number of hydrogen-bond acceptors (Lipinski definition) is 4. The lowest BCUT2D eigenvalue weighted by atomic mass is 10.0. The molecular weight excluding hydrogens is 835 g/mol. The molecule has 0 atom stereocenters. The van der Waals surface area contributed by atoms with Crippen molar-refractivity contribution in [3.8, 4) is 45.1 Å². The van der Waals surface area contributed by atoms with Gasteiger partial charge in [-0.25, -0.2) is 9.97 Å². The molecule has 0 aliphatic carbocycles. The van der Waals surface area contributed by atoms with Gasteiger partial charge in [-0.3, -0.25) is 4.98 Å². The van der Waals surface area contributed by atoms with Gasteiger partial charge in [-0.05, 0) is 102 Å². The Hall–Kier alpha value is -8.45. The van der Waals surface area contributed by atoms with Crippen LogP contribution in [0.15, 0.2) is 226 Å². The molecule has 13 rings (SSSR count). The van der Waals surface area contributed by atoms with E-state index in [1.807, 2.05) is 44.3 Å². The van der Waals surface area contributed by atoms with Crippen molar-refractivity contribution in [1.82, 2.24) is 24.1 Å². The molecule has 0 amide bonds.